The molecule has 1 aliphatic heterocycles. The molecule has 3 rings (SSSR count). The molecule has 1 aliphatic rings. The number of hydrogen-bond acceptors (Lipinski definition) is 2. The van der Waals surface area contributed by atoms with Crippen molar-refractivity contribution in [3.63, 3.8) is 0 Å². The van der Waals surface area contributed by atoms with Gasteiger partial charge in [0.05, 0.1) is 38.0 Å². The first-order valence-corrected chi connectivity index (χ1v) is 8.75. The molecule has 1 N–H and O–H groups in total. The van der Waals surface area contributed by atoms with Gasteiger partial charge in [-0.15, -0.1) is 0 Å². The fourth-order valence-corrected chi connectivity index (χ4v) is 3.00. The molecule has 0 unspecified atom stereocenters. The Balaban J connectivity index is 1.49. The highest BCUT2D eigenvalue weighted by molar-refractivity contribution is 5.79. The van der Waals surface area contributed by atoms with Crippen molar-refractivity contribution in [2.45, 2.75) is 19.6 Å². The van der Waals surface area contributed by atoms with Crippen LogP contribution in [0.25, 0.3) is 0 Å². The first-order valence-electron chi connectivity index (χ1n) is 8.75. The lowest BCUT2D eigenvalue weighted by atomic mass is 10.1. The van der Waals surface area contributed by atoms with Crippen LogP contribution in [-0.4, -0.2) is 37.4 Å². The number of aryl methyl sites for hydroxylation is 1. The third-order valence-corrected chi connectivity index (χ3v) is 4.63. The van der Waals surface area contributed by atoms with E-state index in [1.54, 1.807) is 6.21 Å². The molecular formula is C20H23F3N3+. The van der Waals surface area contributed by atoms with Crippen molar-refractivity contribution in [2.75, 3.05) is 26.2 Å². The number of quaternary nitrogens is 1. The molecular weight excluding hydrogens is 339 g/mol. The molecule has 138 valence electrons. The van der Waals surface area contributed by atoms with Gasteiger partial charge in [0.2, 0.25) is 0 Å². The molecule has 0 amide bonds. The van der Waals surface area contributed by atoms with Gasteiger partial charge in [0, 0.05) is 5.56 Å². The summed E-state index contributed by atoms with van der Waals surface area (Å²) in [5, 5.41) is 6.39. The molecule has 1 saturated heterocycles. The molecule has 3 nitrogen and oxygen atoms in total. The fourth-order valence-electron chi connectivity index (χ4n) is 3.00. The molecule has 0 bridgehead atoms. The van der Waals surface area contributed by atoms with E-state index in [4.69, 9.17) is 0 Å². The first kappa shape index (κ1) is 18.5. The molecule has 0 radical (unpaired) electrons. The molecule has 1 fully saturated rings. The van der Waals surface area contributed by atoms with Crippen molar-refractivity contribution in [1.29, 1.82) is 0 Å². The number of nitrogens with one attached hydrogen (secondary N) is 1. The van der Waals surface area contributed by atoms with Gasteiger partial charge in [0.15, 0.2) is 0 Å². The zero-order chi connectivity index (χ0) is 18.6. The Morgan fingerprint density at radius 1 is 1.00 bits per heavy atom. The lowest BCUT2D eigenvalue weighted by Gasteiger charge is -2.30. The number of halogens is 3. The van der Waals surface area contributed by atoms with Gasteiger partial charge < -0.3 is 4.90 Å². The second-order valence-corrected chi connectivity index (χ2v) is 6.73. The Morgan fingerprint density at radius 3 is 2.19 bits per heavy atom. The zero-order valence-electron chi connectivity index (χ0n) is 14.8. The minimum Gasteiger partial charge on any atom is -0.328 e. The minimum atomic E-state index is -4.30. The maximum Gasteiger partial charge on any atom is 0.416 e. The van der Waals surface area contributed by atoms with E-state index in [1.165, 1.54) is 28.2 Å². The van der Waals surface area contributed by atoms with Crippen molar-refractivity contribution >= 4 is 6.21 Å². The smallest absolute Gasteiger partial charge is 0.328 e. The standard InChI is InChI=1S/C20H22F3N3/c1-16-2-4-18(5-3-16)15-25-10-12-26(13-11-25)24-14-17-6-8-19(9-7-17)20(21,22)23/h2-9,14H,10-13,15H2,1H3/p+1/b24-14-. The van der Waals surface area contributed by atoms with Crippen LogP contribution in [-0.2, 0) is 12.7 Å². The molecule has 2 aromatic rings. The van der Waals surface area contributed by atoms with Crippen LogP contribution in [0.4, 0.5) is 13.2 Å². The van der Waals surface area contributed by atoms with E-state index < -0.39 is 11.7 Å². The normalized spacial score (nSPS) is 16.4. The van der Waals surface area contributed by atoms with Gasteiger partial charge >= 0.3 is 6.18 Å². The van der Waals surface area contributed by atoms with Gasteiger partial charge in [-0.25, -0.2) is 0 Å². The number of rotatable bonds is 4. The Bertz CT molecular complexity index is 728. The van der Waals surface area contributed by atoms with E-state index in [2.05, 4.69) is 36.3 Å². The Morgan fingerprint density at radius 2 is 1.62 bits per heavy atom. The highest BCUT2D eigenvalue weighted by Crippen LogP contribution is 2.28. The number of alkyl halides is 3. The highest BCUT2D eigenvalue weighted by Gasteiger charge is 2.29. The summed E-state index contributed by atoms with van der Waals surface area (Å²) in [5.74, 6) is 0. The maximum absolute atomic E-state index is 12.6. The zero-order valence-corrected chi connectivity index (χ0v) is 14.8. The minimum absolute atomic E-state index is 0.636. The van der Waals surface area contributed by atoms with Crippen molar-refractivity contribution in [1.82, 2.24) is 5.01 Å². The van der Waals surface area contributed by atoms with Crippen molar-refractivity contribution in [2.24, 2.45) is 5.10 Å². The summed E-state index contributed by atoms with van der Waals surface area (Å²) in [6.45, 7) is 6.79. The van der Waals surface area contributed by atoms with Gasteiger partial charge in [-0.1, -0.05) is 42.0 Å². The number of benzene rings is 2. The fraction of sp³-hybridized carbons (Fsp3) is 0.350. The molecule has 6 heteroatoms. The monoisotopic (exact) mass is 362 g/mol. The van der Waals surface area contributed by atoms with E-state index in [9.17, 15) is 13.2 Å². The van der Waals surface area contributed by atoms with E-state index in [0.29, 0.717) is 5.56 Å². The second kappa shape index (κ2) is 7.91. The molecule has 0 atom stereocenters. The molecule has 26 heavy (non-hydrogen) atoms. The van der Waals surface area contributed by atoms with Crippen LogP contribution in [0.3, 0.4) is 0 Å². The second-order valence-electron chi connectivity index (χ2n) is 6.73. The summed E-state index contributed by atoms with van der Waals surface area (Å²) in [5.41, 5.74) is 2.65. The summed E-state index contributed by atoms with van der Waals surface area (Å²) in [6.07, 6.45) is -2.67. The van der Waals surface area contributed by atoms with Crippen LogP contribution < -0.4 is 4.90 Å². The van der Waals surface area contributed by atoms with Gasteiger partial charge in [-0.05, 0) is 24.6 Å². The third-order valence-electron chi connectivity index (χ3n) is 4.63. The van der Waals surface area contributed by atoms with Crippen LogP contribution in [0.15, 0.2) is 53.6 Å². The predicted octanol–water partition coefficient (Wildman–Crippen LogP) is 2.75. The summed E-state index contributed by atoms with van der Waals surface area (Å²) >= 11 is 0. The van der Waals surface area contributed by atoms with Crippen molar-refractivity contribution in [3.8, 4) is 0 Å². The number of hydrogen-bond donors (Lipinski definition) is 1. The number of piperazine rings is 1. The maximum atomic E-state index is 12.6. The van der Waals surface area contributed by atoms with E-state index in [0.717, 1.165) is 44.9 Å². The number of nitrogens with zero attached hydrogens (tertiary/aromatic N) is 2. The summed E-state index contributed by atoms with van der Waals surface area (Å²) in [6, 6.07) is 13.7. The SMILES string of the molecule is Cc1ccc(C[NH+]2CCN(/N=C\c3ccc(C(F)(F)F)cc3)CC2)cc1. The summed E-state index contributed by atoms with van der Waals surface area (Å²) in [4.78, 5) is 1.52. The Kier molecular flexibility index (Phi) is 5.61. The van der Waals surface area contributed by atoms with E-state index in [-0.39, 0.29) is 0 Å². The topological polar surface area (TPSA) is 20.0 Å². The van der Waals surface area contributed by atoms with Crippen molar-refractivity contribution < 1.29 is 18.1 Å². The molecule has 2 aromatic carbocycles. The van der Waals surface area contributed by atoms with Crippen LogP contribution in [0.5, 0.6) is 0 Å². The molecule has 0 spiro atoms. The molecule has 1 heterocycles. The Hall–Kier alpha value is -2.34. The molecule has 0 saturated carbocycles. The van der Waals surface area contributed by atoms with Crippen LogP contribution in [0.2, 0.25) is 0 Å². The van der Waals surface area contributed by atoms with Crippen LogP contribution in [0.1, 0.15) is 22.3 Å². The lowest BCUT2D eigenvalue weighted by Crippen LogP contribution is -3.13. The van der Waals surface area contributed by atoms with E-state index in [1.807, 2.05) is 5.01 Å². The van der Waals surface area contributed by atoms with Crippen LogP contribution in [0, 0.1) is 6.92 Å². The average Bonchev–Trinajstić information content (AvgIpc) is 2.63. The third kappa shape index (κ3) is 5.08. The van der Waals surface area contributed by atoms with E-state index >= 15 is 0 Å². The Labute approximate surface area is 151 Å². The predicted molar refractivity (Wildman–Crippen MR) is 96.2 cm³/mol. The largest absolute Gasteiger partial charge is 0.416 e. The van der Waals surface area contributed by atoms with Crippen molar-refractivity contribution in [3.05, 3.63) is 70.8 Å². The highest BCUT2D eigenvalue weighted by atomic mass is 19.4. The molecule has 0 aromatic heterocycles. The summed E-state index contributed by atoms with van der Waals surface area (Å²) < 4.78 is 37.7. The number of hydrazone groups is 1. The van der Waals surface area contributed by atoms with Gasteiger partial charge in [0.1, 0.15) is 6.54 Å². The first-order chi connectivity index (χ1) is 12.4. The van der Waals surface area contributed by atoms with Gasteiger partial charge in [-0.3, -0.25) is 5.01 Å². The summed E-state index contributed by atoms with van der Waals surface area (Å²) in [7, 11) is 0. The average molecular weight is 362 g/mol. The van der Waals surface area contributed by atoms with Crippen LogP contribution >= 0.6 is 0 Å². The lowest BCUT2D eigenvalue weighted by molar-refractivity contribution is -0.918. The quantitative estimate of drug-likeness (QED) is 0.830. The molecule has 0 aliphatic carbocycles. The van der Waals surface area contributed by atoms with Gasteiger partial charge in [-0.2, -0.15) is 18.3 Å². The van der Waals surface area contributed by atoms with Gasteiger partial charge in [0.25, 0.3) is 0 Å².